The number of carbonyl (C=O) groups excluding carboxylic acids is 2. The predicted octanol–water partition coefficient (Wildman–Crippen LogP) is 3.82. The van der Waals surface area contributed by atoms with Gasteiger partial charge in [-0.1, -0.05) is 30.7 Å². The molecule has 3 fully saturated rings. The van der Waals surface area contributed by atoms with Crippen LogP contribution in [0.1, 0.15) is 62.5 Å². The van der Waals surface area contributed by atoms with Crippen LogP contribution in [0.15, 0.2) is 24.3 Å². The highest BCUT2D eigenvalue weighted by atomic mass is 16.2. The molecule has 28 heavy (non-hydrogen) atoms. The average molecular weight is 383 g/mol. The number of carbonyl (C=O) groups is 2. The first-order chi connectivity index (χ1) is 13.7. The van der Waals surface area contributed by atoms with E-state index in [1.807, 2.05) is 4.90 Å². The number of hydrogen-bond acceptors (Lipinski definition) is 2. The van der Waals surface area contributed by atoms with Crippen LogP contribution in [0, 0.1) is 11.8 Å². The minimum absolute atomic E-state index is 0.310. The molecule has 1 aliphatic carbocycles. The van der Waals surface area contributed by atoms with E-state index in [9.17, 15) is 9.59 Å². The Morgan fingerprint density at radius 1 is 0.786 bits per heavy atom. The van der Waals surface area contributed by atoms with Crippen molar-refractivity contribution < 1.29 is 9.59 Å². The van der Waals surface area contributed by atoms with E-state index in [4.69, 9.17) is 0 Å². The number of rotatable bonds is 6. The van der Waals surface area contributed by atoms with Crippen molar-refractivity contribution in [3.05, 3.63) is 35.4 Å². The van der Waals surface area contributed by atoms with Gasteiger partial charge in [-0.15, -0.1) is 0 Å². The molecular weight excluding hydrogens is 348 g/mol. The maximum absolute atomic E-state index is 12.4. The molecule has 0 radical (unpaired) electrons. The largest absolute Gasteiger partial charge is 0.343 e. The highest BCUT2D eigenvalue weighted by Crippen LogP contribution is 2.30. The van der Waals surface area contributed by atoms with Crippen LogP contribution in [0.3, 0.4) is 0 Å². The lowest BCUT2D eigenvalue weighted by Crippen LogP contribution is -2.43. The predicted molar refractivity (Wildman–Crippen MR) is 111 cm³/mol. The van der Waals surface area contributed by atoms with Crippen LogP contribution >= 0.6 is 0 Å². The first-order valence-electron chi connectivity index (χ1n) is 11.3. The normalized spacial score (nSPS) is 21.0. The topological polar surface area (TPSA) is 40.6 Å². The average Bonchev–Trinajstić information content (AvgIpc) is 3.21. The molecule has 1 aromatic rings. The Morgan fingerprint density at radius 2 is 1.43 bits per heavy atom. The number of aryl methyl sites for hydroxylation is 1. The highest BCUT2D eigenvalue weighted by Gasteiger charge is 2.31. The van der Waals surface area contributed by atoms with Crippen molar-refractivity contribution in [3.8, 4) is 0 Å². The number of likely N-dealkylation sites (tertiary alicyclic amines) is 2. The molecule has 0 bridgehead atoms. The monoisotopic (exact) mass is 382 g/mol. The molecule has 1 saturated carbocycles. The fourth-order valence-corrected chi connectivity index (χ4v) is 4.82. The van der Waals surface area contributed by atoms with Gasteiger partial charge < -0.3 is 9.80 Å². The molecule has 4 heteroatoms. The maximum atomic E-state index is 12.4. The van der Waals surface area contributed by atoms with E-state index in [1.165, 1.54) is 17.5 Å². The summed E-state index contributed by atoms with van der Waals surface area (Å²) in [5.74, 6) is 1.75. The minimum Gasteiger partial charge on any atom is -0.343 e. The van der Waals surface area contributed by atoms with E-state index in [1.54, 1.807) is 0 Å². The van der Waals surface area contributed by atoms with Crippen LogP contribution in [0.2, 0.25) is 0 Å². The van der Waals surface area contributed by atoms with Gasteiger partial charge in [0.25, 0.3) is 0 Å². The third kappa shape index (κ3) is 4.76. The van der Waals surface area contributed by atoms with Gasteiger partial charge in [-0.3, -0.25) is 9.59 Å². The van der Waals surface area contributed by atoms with Crippen molar-refractivity contribution in [1.29, 1.82) is 0 Å². The Labute approximate surface area is 169 Å². The van der Waals surface area contributed by atoms with Gasteiger partial charge in [-0.2, -0.15) is 0 Å². The smallest absolute Gasteiger partial charge is 0.225 e. The summed E-state index contributed by atoms with van der Waals surface area (Å²) in [6.07, 6.45) is 10.6. The third-order valence-electron chi connectivity index (χ3n) is 7.01. The molecule has 2 aliphatic heterocycles. The number of nitrogens with zero attached hydrogens (tertiary/aromatic N) is 2. The fraction of sp³-hybridized carbons (Fsp3) is 0.667. The second-order valence-corrected chi connectivity index (χ2v) is 9.01. The summed E-state index contributed by atoms with van der Waals surface area (Å²) in [5, 5.41) is 0. The van der Waals surface area contributed by atoms with Crippen molar-refractivity contribution in [1.82, 2.24) is 9.80 Å². The summed E-state index contributed by atoms with van der Waals surface area (Å²) in [5.41, 5.74) is 2.65. The molecule has 0 aromatic heterocycles. The summed E-state index contributed by atoms with van der Waals surface area (Å²) in [7, 11) is 0. The summed E-state index contributed by atoms with van der Waals surface area (Å²) >= 11 is 0. The zero-order chi connectivity index (χ0) is 19.3. The number of amides is 2. The van der Waals surface area contributed by atoms with Crippen LogP contribution in [0.25, 0.3) is 0 Å². The molecule has 4 nitrogen and oxygen atoms in total. The lowest BCUT2D eigenvalue weighted by atomic mass is 9.83. The quantitative estimate of drug-likeness (QED) is 0.750. The first-order valence-corrected chi connectivity index (χ1v) is 11.3. The molecule has 3 aliphatic rings. The van der Waals surface area contributed by atoms with E-state index in [0.29, 0.717) is 30.1 Å². The van der Waals surface area contributed by atoms with E-state index in [2.05, 4.69) is 29.2 Å². The van der Waals surface area contributed by atoms with E-state index < -0.39 is 0 Å². The van der Waals surface area contributed by atoms with Crippen molar-refractivity contribution in [3.63, 3.8) is 0 Å². The second kappa shape index (κ2) is 9.11. The first kappa shape index (κ1) is 19.5. The molecule has 2 amide bonds. The fourth-order valence-electron chi connectivity index (χ4n) is 4.82. The Morgan fingerprint density at radius 3 is 2.04 bits per heavy atom. The number of piperidine rings is 1. The van der Waals surface area contributed by atoms with Gasteiger partial charge in [0.2, 0.25) is 11.8 Å². The molecule has 0 unspecified atom stereocenters. The standard InChI is InChI=1S/C24H34N2O2/c27-23(25-14-1-2-15-25)11-10-19-6-8-20(9-7-19)18-21-12-16-26(17-13-21)24(28)22-4-3-5-22/h6-9,21-22H,1-5,10-18H2. The molecule has 0 N–H and O–H groups in total. The molecular formula is C24H34N2O2. The van der Waals surface area contributed by atoms with E-state index in [-0.39, 0.29) is 0 Å². The summed E-state index contributed by atoms with van der Waals surface area (Å²) in [6.45, 7) is 3.78. The van der Waals surface area contributed by atoms with Crippen molar-refractivity contribution in [2.24, 2.45) is 11.8 Å². The molecule has 152 valence electrons. The van der Waals surface area contributed by atoms with Crippen molar-refractivity contribution in [2.45, 2.75) is 64.2 Å². The molecule has 1 aromatic carbocycles. The Bertz CT molecular complexity index is 666. The number of hydrogen-bond donors (Lipinski definition) is 0. The van der Waals surface area contributed by atoms with Gasteiger partial charge in [0.1, 0.15) is 0 Å². The molecule has 2 saturated heterocycles. The second-order valence-electron chi connectivity index (χ2n) is 9.01. The SMILES string of the molecule is O=C(CCc1ccc(CC2CCN(C(=O)C3CCC3)CC2)cc1)N1CCCC1. The Kier molecular flexibility index (Phi) is 6.33. The van der Waals surface area contributed by atoms with E-state index in [0.717, 1.165) is 77.5 Å². The Balaban J connectivity index is 1.19. The van der Waals surface area contributed by atoms with Crippen LogP contribution in [0.5, 0.6) is 0 Å². The molecule has 0 spiro atoms. The van der Waals surface area contributed by atoms with Crippen molar-refractivity contribution in [2.75, 3.05) is 26.2 Å². The Hall–Kier alpha value is -1.84. The van der Waals surface area contributed by atoms with Crippen LogP contribution < -0.4 is 0 Å². The van der Waals surface area contributed by atoms with Gasteiger partial charge in [-0.05, 0) is 68.4 Å². The van der Waals surface area contributed by atoms with Crippen molar-refractivity contribution >= 4 is 11.8 Å². The zero-order valence-corrected chi connectivity index (χ0v) is 17.1. The van der Waals surface area contributed by atoms with Crippen LogP contribution in [-0.4, -0.2) is 47.8 Å². The number of benzene rings is 1. The van der Waals surface area contributed by atoms with Crippen LogP contribution in [0.4, 0.5) is 0 Å². The minimum atomic E-state index is 0.310. The van der Waals surface area contributed by atoms with Crippen LogP contribution in [-0.2, 0) is 22.4 Å². The van der Waals surface area contributed by atoms with Gasteiger partial charge in [0.15, 0.2) is 0 Å². The maximum Gasteiger partial charge on any atom is 0.225 e. The molecule has 0 atom stereocenters. The third-order valence-corrected chi connectivity index (χ3v) is 7.01. The highest BCUT2D eigenvalue weighted by molar-refractivity contribution is 5.79. The lowest BCUT2D eigenvalue weighted by Gasteiger charge is -2.36. The summed E-state index contributed by atoms with van der Waals surface area (Å²) < 4.78 is 0. The van der Waals surface area contributed by atoms with Gasteiger partial charge in [0, 0.05) is 38.5 Å². The van der Waals surface area contributed by atoms with Gasteiger partial charge in [-0.25, -0.2) is 0 Å². The van der Waals surface area contributed by atoms with Gasteiger partial charge in [0.05, 0.1) is 0 Å². The molecule has 4 rings (SSSR count). The molecule has 2 heterocycles. The van der Waals surface area contributed by atoms with E-state index >= 15 is 0 Å². The summed E-state index contributed by atoms with van der Waals surface area (Å²) in [6, 6.07) is 8.87. The van der Waals surface area contributed by atoms with Gasteiger partial charge >= 0.3 is 0 Å². The summed E-state index contributed by atoms with van der Waals surface area (Å²) in [4.78, 5) is 28.7. The lowest BCUT2D eigenvalue weighted by molar-refractivity contribution is -0.139. The zero-order valence-electron chi connectivity index (χ0n) is 17.1.